The van der Waals surface area contributed by atoms with Crippen molar-refractivity contribution in [2.75, 3.05) is 19.9 Å². The summed E-state index contributed by atoms with van der Waals surface area (Å²) < 4.78 is 11.0. The molecule has 2 N–H and O–H groups in total. The molecule has 0 spiro atoms. The van der Waals surface area contributed by atoms with Crippen LogP contribution in [0.25, 0.3) is 56.0 Å². The van der Waals surface area contributed by atoms with Crippen LogP contribution in [-0.2, 0) is 6.54 Å². The Morgan fingerprint density at radius 1 is 0.795 bits per heavy atom. The van der Waals surface area contributed by atoms with Gasteiger partial charge in [0.05, 0.1) is 28.4 Å². The highest BCUT2D eigenvalue weighted by Gasteiger charge is 2.19. The van der Waals surface area contributed by atoms with Crippen molar-refractivity contribution < 1.29 is 9.47 Å². The topological polar surface area (TPSA) is 118 Å². The van der Waals surface area contributed by atoms with Crippen LogP contribution in [0.15, 0.2) is 61.2 Å². The summed E-state index contributed by atoms with van der Waals surface area (Å²) in [4.78, 5) is 24.7. The number of pyridine rings is 3. The number of aromatic nitrogens is 7. The molecule has 0 amide bonds. The second-order valence-electron chi connectivity index (χ2n) is 9.97. The van der Waals surface area contributed by atoms with Crippen LogP contribution < -0.4 is 9.47 Å². The molecule has 10 nitrogen and oxygen atoms in total. The molecule has 2 aliphatic heterocycles. The molecule has 0 saturated carbocycles. The molecule has 0 radical (unpaired) electrons. The smallest absolute Gasteiger partial charge is 0.231 e. The van der Waals surface area contributed by atoms with E-state index in [0.717, 1.165) is 69.8 Å². The number of likely N-dealkylation sites (tertiary alicyclic amines) is 1. The zero-order valence-corrected chi connectivity index (χ0v) is 21.0. The zero-order valence-electron chi connectivity index (χ0n) is 21.0. The van der Waals surface area contributed by atoms with Gasteiger partial charge in [-0.15, -0.1) is 0 Å². The fourth-order valence-corrected chi connectivity index (χ4v) is 5.46. The van der Waals surface area contributed by atoms with Crippen molar-refractivity contribution >= 4 is 22.1 Å². The molecule has 1 saturated heterocycles. The Morgan fingerprint density at radius 3 is 2.64 bits per heavy atom. The summed E-state index contributed by atoms with van der Waals surface area (Å²) in [5.74, 6) is 2.08. The van der Waals surface area contributed by atoms with Crippen molar-refractivity contribution in [1.29, 1.82) is 0 Å². The second kappa shape index (κ2) is 8.88. The Labute approximate surface area is 223 Å². The number of rotatable bonds is 5. The Morgan fingerprint density at radius 2 is 1.69 bits per heavy atom. The van der Waals surface area contributed by atoms with E-state index in [2.05, 4.69) is 36.1 Å². The minimum absolute atomic E-state index is 0.230. The Kier molecular flexibility index (Phi) is 5.05. The number of H-pyrrole nitrogens is 2. The van der Waals surface area contributed by atoms with Crippen LogP contribution in [0.3, 0.4) is 0 Å². The van der Waals surface area contributed by atoms with Gasteiger partial charge in [0.15, 0.2) is 23.0 Å². The monoisotopic (exact) mass is 516 g/mol. The van der Waals surface area contributed by atoms with Gasteiger partial charge in [0.1, 0.15) is 5.52 Å². The SMILES string of the molecule is c1ncc(-c2ccc3[nH]nc(-c4nc5c(-c6ccc7c(c6)OCO7)cncc5[nH]4)c3n2)cc1CN1CCCC1. The van der Waals surface area contributed by atoms with Gasteiger partial charge in [0, 0.05) is 36.3 Å². The number of imidazole rings is 1. The average Bonchev–Trinajstić information content (AvgIpc) is 3.78. The zero-order chi connectivity index (χ0) is 25.8. The summed E-state index contributed by atoms with van der Waals surface area (Å²) in [6, 6.07) is 12.0. The number of hydrogen-bond donors (Lipinski definition) is 2. The number of aromatic amines is 2. The summed E-state index contributed by atoms with van der Waals surface area (Å²) in [7, 11) is 0. The highest BCUT2D eigenvalue weighted by molar-refractivity contribution is 5.96. The number of fused-ring (bicyclic) bond motifs is 3. The van der Waals surface area contributed by atoms with Crippen LogP contribution in [0.1, 0.15) is 18.4 Å². The lowest BCUT2D eigenvalue weighted by atomic mass is 10.1. The molecular weight excluding hydrogens is 492 g/mol. The molecule has 1 fully saturated rings. The van der Waals surface area contributed by atoms with Crippen molar-refractivity contribution in [1.82, 2.24) is 40.0 Å². The van der Waals surface area contributed by atoms with Gasteiger partial charge in [-0.3, -0.25) is 20.0 Å². The molecule has 0 unspecified atom stereocenters. The fraction of sp³-hybridized carbons (Fsp3) is 0.207. The molecule has 192 valence electrons. The number of nitrogens with zero attached hydrogens (tertiary/aromatic N) is 6. The lowest BCUT2D eigenvalue weighted by Crippen LogP contribution is -2.18. The highest BCUT2D eigenvalue weighted by atomic mass is 16.7. The summed E-state index contributed by atoms with van der Waals surface area (Å²) in [5, 5.41) is 7.67. The van der Waals surface area contributed by atoms with Crippen LogP contribution in [0.4, 0.5) is 0 Å². The van der Waals surface area contributed by atoms with Gasteiger partial charge < -0.3 is 14.5 Å². The summed E-state index contributed by atoms with van der Waals surface area (Å²) in [6.45, 7) is 3.44. The van der Waals surface area contributed by atoms with Gasteiger partial charge in [-0.1, -0.05) is 6.07 Å². The Hall–Kier alpha value is -4.83. The minimum Gasteiger partial charge on any atom is -0.454 e. The van der Waals surface area contributed by atoms with Crippen LogP contribution >= 0.6 is 0 Å². The van der Waals surface area contributed by atoms with Gasteiger partial charge >= 0.3 is 0 Å². The van der Waals surface area contributed by atoms with E-state index in [1.165, 1.54) is 18.4 Å². The van der Waals surface area contributed by atoms with E-state index in [-0.39, 0.29) is 6.79 Å². The van der Waals surface area contributed by atoms with Crippen LogP contribution in [0, 0.1) is 0 Å². The predicted octanol–water partition coefficient (Wildman–Crippen LogP) is 4.95. The summed E-state index contributed by atoms with van der Waals surface area (Å²) in [5.41, 5.74) is 8.71. The van der Waals surface area contributed by atoms with Crippen LogP contribution in [-0.4, -0.2) is 59.9 Å². The molecule has 5 aromatic heterocycles. The standard InChI is InChI=1S/C29H24N8O2/c1-2-8-37(7-1)15-17-9-19(12-30-11-17)21-4-5-22-27(32-21)28(36-35-22)29-33-23-14-31-13-20(26(23)34-29)18-3-6-24-25(10-18)39-16-38-24/h3-6,9-14H,1-2,7-8,15-16H2,(H,33,34)(H,35,36). The largest absolute Gasteiger partial charge is 0.454 e. The molecule has 0 aliphatic carbocycles. The maximum Gasteiger partial charge on any atom is 0.231 e. The molecule has 10 heteroatoms. The van der Waals surface area contributed by atoms with Crippen molar-refractivity contribution in [3.8, 4) is 45.4 Å². The first-order chi connectivity index (χ1) is 19.3. The van der Waals surface area contributed by atoms with Crippen molar-refractivity contribution in [3.63, 3.8) is 0 Å². The third kappa shape index (κ3) is 3.88. The summed E-state index contributed by atoms with van der Waals surface area (Å²) >= 11 is 0. The van der Waals surface area contributed by atoms with Gasteiger partial charge in [0.25, 0.3) is 0 Å². The predicted molar refractivity (Wildman–Crippen MR) is 146 cm³/mol. The number of benzene rings is 1. The Bertz CT molecular complexity index is 1850. The lowest BCUT2D eigenvalue weighted by Gasteiger charge is -2.14. The van der Waals surface area contributed by atoms with E-state index in [9.17, 15) is 0 Å². The van der Waals surface area contributed by atoms with Crippen LogP contribution in [0.2, 0.25) is 0 Å². The quantitative estimate of drug-likeness (QED) is 0.331. The third-order valence-electron chi connectivity index (χ3n) is 7.41. The van der Waals surface area contributed by atoms with E-state index in [1.54, 1.807) is 6.20 Å². The molecular formula is C29H24N8O2. The van der Waals surface area contributed by atoms with Gasteiger partial charge in [-0.05, 0) is 67.4 Å². The first-order valence-corrected chi connectivity index (χ1v) is 13.0. The maximum absolute atomic E-state index is 5.57. The molecule has 1 aromatic carbocycles. The van der Waals surface area contributed by atoms with Gasteiger partial charge in [0.2, 0.25) is 6.79 Å². The van der Waals surface area contributed by atoms with E-state index in [4.69, 9.17) is 19.4 Å². The van der Waals surface area contributed by atoms with Gasteiger partial charge in [-0.25, -0.2) is 9.97 Å². The molecule has 0 bridgehead atoms. The molecule has 7 heterocycles. The van der Waals surface area contributed by atoms with E-state index in [1.807, 2.05) is 48.9 Å². The number of hydrogen-bond acceptors (Lipinski definition) is 8. The average molecular weight is 517 g/mol. The minimum atomic E-state index is 0.230. The molecule has 8 rings (SSSR count). The lowest BCUT2D eigenvalue weighted by molar-refractivity contribution is 0.174. The first-order valence-electron chi connectivity index (χ1n) is 13.0. The van der Waals surface area contributed by atoms with Crippen molar-refractivity contribution in [2.24, 2.45) is 0 Å². The van der Waals surface area contributed by atoms with E-state index in [0.29, 0.717) is 17.3 Å². The van der Waals surface area contributed by atoms with Crippen molar-refractivity contribution in [3.05, 3.63) is 66.7 Å². The fourth-order valence-electron chi connectivity index (χ4n) is 5.46. The summed E-state index contributed by atoms with van der Waals surface area (Å²) in [6.07, 6.45) is 9.93. The number of nitrogens with one attached hydrogen (secondary N) is 2. The third-order valence-corrected chi connectivity index (χ3v) is 7.41. The molecule has 6 aromatic rings. The van der Waals surface area contributed by atoms with Crippen molar-refractivity contribution in [2.45, 2.75) is 19.4 Å². The first kappa shape index (κ1) is 22.2. The maximum atomic E-state index is 5.57. The molecule has 0 atom stereocenters. The van der Waals surface area contributed by atoms with Crippen LogP contribution in [0.5, 0.6) is 11.5 Å². The second-order valence-corrected chi connectivity index (χ2v) is 9.97. The molecule has 39 heavy (non-hydrogen) atoms. The van der Waals surface area contributed by atoms with Gasteiger partial charge in [-0.2, -0.15) is 5.10 Å². The molecule has 2 aliphatic rings. The number of ether oxygens (including phenoxy) is 2. The normalized spacial score (nSPS) is 15.1. The van der Waals surface area contributed by atoms with E-state index >= 15 is 0 Å². The highest BCUT2D eigenvalue weighted by Crippen LogP contribution is 2.38. The van der Waals surface area contributed by atoms with E-state index < -0.39 is 0 Å². The Balaban J connectivity index is 1.17.